The van der Waals surface area contributed by atoms with Crippen LogP contribution >= 0.6 is 0 Å². The van der Waals surface area contributed by atoms with E-state index in [0.717, 1.165) is 19.5 Å². The summed E-state index contributed by atoms with van der Waals surface area (Å²) in [7, 11) is 0. The van der Waals surface area contributed by atoms with E-state index in [4.69, 9.17) is 0 Å². The molecule has 3 heteroatoms. The molecular weight excluding hydrogens is 166 g/mol. The molecule has 13 heavy (non-hydrogen) atoms. The molecule has 0 aromatic carbocycles. The molecule has 73 valence electrons. The zero-order valence-electron chi connectivity index (χ0n) is 7.99. The number of likely N-dealkylation sites (tertiary alicyclic amines) is 1. The second kappa shape index (κ2) is 2.98. The molecule has 3 nitrogen and oxygen atoms in total. The van der Waals surface area contributed by atoms with Crippen molar-refractivity contribution in [1.29, 1.82) is 0 Å². The van der Waals surface area contributed by atoms with Crippen molar-refractivity contribution in [3.8, 4) is 0 Å². The Balaban J connectivity index is 1.85. The molecule has 0 atom stereocenters. The summed E-state index contributed by atoms with van der Waals surface area (Å²) in [5.74, 6) is 0.321. The maximum absolute atomic E-state index is 11.7. The summed E-state index contributed by atoms with van der Waals surface area (Å²) in [6.07, 6.45) is 4.44. The minimum atomic E-state index is -0.580. The van der Waals surface area contributed by atoms with Crippen LogP contribution in [0.25, 0.3) is 0 Å². The lowest BCUT2D eigenvalue weighted by molar-refractivity contribution is -0.148. The minimum Gasteiger partial charge on any atom is -0.390 e. The lowest BCUT2D eigenvalue weighted by atomic mass is 9.71. The van der Waals surface area contributed by atoms with E-state index < -0.39 is 5.60 Å². The Kier molecular flexibility index (Phi) is 2.06. The van der Waals surface area contributed by atoms with Crippen molar-refractivity contribution in [3.05, 3.63) is 6.42 Å². The van der Waals surface area contributed by atoms with Crippen LogP contribution in [0.2, 0.25) is 0 Å². The summed E-state index contributed by atoms with van der Waals surface area (Å²) >= 11 is 0. The van der Waals surface area contributed by atoms with E-state index >= 15 is 0 Å². The van der Waals surface area contributed by atoms with Gasteiger partial charge in [-0.05, 0) is 32.6 Å². The van der Waals surface area contributed by atoms with Crippen molar-refractivity contribution in [1.82, 2.24) is 4.90 Å². The highest BCUT2D eigenvalue weighted by molar-refractivity contribution is 5.80. The Morgan fingerprint density at radius 1 is 1.62 bits per heavy atom. The molecule has 0 spiro atoms. The monoisotopic (exact) mass is 182 g/mol. The van der Waals surface area contributed by atoms with E-state index in [-0.39, 0.29) is 11.8 Å². The molecule has 0 aromatic rings. The smallest absolute Gasteiger partial charge is 0.225 e. The second-order valence-corrected chi connectivity index (χ2v) is 4.46. The van der Waals surface area contributed by atoms with Crippen molar-refractivity contribution in [3.63, 3.8) is 0 Å². The fraction of sp³-hybridized carbons (Fsp3) is 0.800. The molecule has 0 bridgehead atoms. The van der Waals surface area contributed by atoms with Crippen LogP contribution in [0.3, 0.4) is 0 Å². The van der Waals surface area contributed by atoms with Gasteiger partial charge in [-0.1, -0.05) is 0 Å². The number of hydrogen-bond donors (Lipinski definition) is 1. The van der Waals surface area contributed by atoms with Gasteiger partial charge in [0.25, 0.3) is 0 Å². The molecule has 0 unspecified atom stereocenters. The SMILES string of the molecule is CC1(O)CC(C(=O)N2C[CH]CC2)C1. The molecule has 1 saturated heterocycles. The zero-order chi connectivity index (χ0) is 9.47. The van der Waals surface area contributed by atoms with Crippen LogP contribution in [0.1, 0.15) is 26.2 Å². The number of carbonyl (C=O) groups is 1. The number of rotatable bonds is 1. The van der Waals surface area contributed by atoms with Gasteiger partial charge in [-0.2, -0.15) is 0 Å². The number of hydrogen-bond acceptors (Lipinski definition) is 2. The van der Waals surface area contributed by atoms with E-state index in [1.54, 1.807) is 6.92 Å². The predicted molar refractivity (Wildman–Crippen MR) is 48.8 cm³/mol. The van der Waals surface area contributed by atoms with Gasteiger partial charge in [0.05, 0.1) is 5.60 Å². The van der Waals surface area contributed by atoms with Crippen molar-refractivity contribution >= 4 is 5.91 Å². The molecule has 1 heterocycles. The number of amides is 1. The summed E-state index contributed by atoms with van der Waals surface area (Å²) in [4.78, 5) is 13.6. The van der Waals surface area contributed by atoms with Gasteiger partial charge in [-0.25, -0.2) is 0 Å². The zero-order valence-corrected chi connectivity index (χ0v) is 7.99. The first-order valence-electron chi connectivity index (χ1n) is 4.91. The Hall–Kier alpha value is -0.570. The van der Waals surface area contributed by atoms with E-state index in [1.807, 2.05) is 4.90 Å². The third-order valence-electron chi connectivity index (χ3n) is 2.99. The third kappa shape index (κ3) is 1.70. The van der Waals surface area contributed by atoms with E-state index in [2.05, 4.69) is 6.42 Å². The van der Waals surface area contributed by atoms with E-state index in [1.165, 1.54) is 0 Å². The first-order chi connectivity index (χ1) is 6.08. The fourth-order valence-corrected chi connectivity index (χ4v) is 2.22. The minimum absolute atomic E-state index is 0.0847. The lowest BCUT2D eigenvalue weighted by Gasteiger charge is -2.41. The first kappa shape index (κ1) is 9.00. The normalized spacial score (nSPS) is 38.9. The van der Waals surface area contributed by atoms with Gasteiger partial charge in [0.15, 0.2) is 0 Å². The van der Waals surface area contributed by atoms with Crippen molar-refractivity contribution in [2.24, 2.45) is 5.92 Å². The largest absolute Gasteiger partial charge is 0.390 e. The van der Waals surface area contributed by atoms with Crippen LogP contribution in [0, 0.1) is 12.3 Å². The van der Waals surface area contributed by atoms with Crippen molar-refractivity contribution in [2.45, 2.75) is 31.8 Å². The third-order valence-corrected chi connectivity index (χ3v) is 2.99. The lowest BCUT2D eigenvalue weighted by Crippen LogP contribution is -2.48. The van der Waals surface area contributed by atoms with Crippen LogP contribution in [-0.2, 0) is 4.79 Å². The molecule has 1 N–H and O–H groups in total. The van der Waals surface area contributed by atoms with Gasteiger partial charge in [0.1, 0.15) is 0 Å². The van der Waals surface area contributed by atoms with Crippen LogP contribution in [0.5, 0.6) is 0 Å². The quantitative estimate of drug-likeness (QED) is 0.644. The summed E-state index contributed by atoms with van der Waals surface area (Å²) in [6.45, 7) is 3.47. The van der Waals surface area contributed by atoms with Gasteiger partial charge >= 0.3 is 0 Å². The Morgan fingerprint density at radius 2 is 2.31 bits per heavy atom. The second-order valence-electron chi connectivity index (χ2n) is 4.46. The van der Waals surface area contributed by atoms with Gasteiger partial charge in [-0.3, -0.25) is 4.79 Å². The summed E-state index contributed by atoms with van der Waals surface area (Å²) in [5.41, 5.74) is -0.580. The Labute approximate surface area is 78.7 Å². The molecule has 1 radical (unpaired) electrons. The molecule has 1 amide bonds. The highest BCUT2D eigenvalue weighted by Crippen LogP contribution is 2.38. The number of carbonyl (C=O) groups excluding carboxylic acids is 1. The summed E-state index contributed by atoms with van der Waals surface area (Å²) in [5, 5.41) is 9.50. The number of aliphatic hydroxyl groups is 1. The standard InChI is InChI=1S/C10H16NO2/c1-10(13)6-8(7-10)9(12)11-4-2-3-5-11/h2,8,13H,3-7H2,1H3. The topological polar surface area (TPSA) is 40.5 Å². The summed E-state index contributed by atoms with van der Waals surface area (Å²) < 4.78 is 0. The van der Waals surface area contributed by atoms with Crippen molar-refractivity contribution in [2.75, 3.05) is 13.1 Å². The Bertz CT molecular complexity index is 211. The van der Waals surface area contributed by atoms with E-state index in [0.29, 0.717) is 12.8 Å². The van der Waals surface area contributed by atoms with Gasteiger partial charge in [0.2, 0.25) is 5.91 Å². The molecule has 1 aliphatic carbocycles. The maximum atomic E-state index is 11.7. The van der Waals surface area contributed by atoms with Gasteiger partial charge < -0.3 is 10.0 Å². The van der Waals surface area contributed by atoms with Gasteiger partial charge in [0, 0.05) is 19.0 Å². The molecule has 1 saturated carbocycles. The maximum Gasteiger partial charge on any atom is 0.225 e. The van der Waals surface area contributed by atoms with Crippen LogP contribution in [-0.4, -0.2) is 34.6 Å². The molecule has 2 aliphatic rings. The van der Waals surface area contributed by atoms with E-state index in [9.17, 15) is 9.90 Å². The highest BCUT2D eigenvalue weighted by Gasteiger charge is 2.44. The molecule has 1 aliphatic heterocycles. The van der Waals surface area contributed by atoms with Crippen LogP contribution < -0.4 is 0 Å². The average molecular weight is 182 g/mol. The predicted octanol–water partition coefficient (Wildman–Crippen LogP) is 0.584. The number of nitrogens with zero attached hydrogens (tertiary/aromatic N) is 1. The van der Waals surface area contributed by atoms with Crippen LogP contribution in [0.4, 0.5) is 0 Å². The molecule has 2 rings (SSSR count). The molecule has 2 fully saturated rings. The first-order valence-corrected chi connectivity index (χ1v) is 4.91. The van der Waals surface area contributed by atoms with Crippen LogP contribution in [0.15, 0.2) is 0 Å². The van der Waals surface area contributed by atoms with Gasteiger partial charge in [-0.15, -0.1) is 0 Å². The molecular formula is C10H16NO2. The molecule has 0 aromatic heterocycles. The Morgan fingerprint density at radius 3 is 2.77 bits per heavy atom. The average Bonchev–Trinajstić information content (AvgIpc) is 2.50. The van der Waals surface area contributed by atoms with Crippen molar-refractivity contribution < 1.29 is 9.90 Å². The summed E-state index contributed by atoms with van der Waals surface area (Å²) in [6, 6.07) is 0. The fourth-order valence-electron chi connectivity index (χ4n) is 2.22. The highest BCUT2D eigenvalue weighted by atomic mass is 16.3.